The maximum Gasteiger partial charge on any atom is 0.186 e. The van der Waals surface area contributed by atoms with E-state index < -0.39 is 185 Å². The molecule has 0 spiro atoms. The number of carbonyl (C=O) groups is 5. The van der Waals surface area contributed by atoms with Crippen LogP contribution in [0.3, 0.4) is 0 Å². The third-order valence-corrected chi connectivity index (χ3v) is 9.36. The smallest absolute Gasteiger partial charge is 0.186 e. The summed E-state index contributed by atoms with van der Waals surface area (Å²) in [6.07, 6.45) is -33.4. The minimum atomic E-state index is -1.91. The Kier molecular flexibility index (Phi) is 50.6. The number of aliphatic hydroxyl groups excluding tert-OH is 27. The number of hydrogen-bond donors (Lipinski definition) is 27. The highest BCUT2D eigenvalue weighted by Gasteiger charge is 2.36. The number of hydrogen-bond acceptors (Lipinski definition) is 32. The molecule has 29 N–H and O–H groups in total. The topological polar surface area (TPSA) is 663 Å². The Morgan fingerprint density at radius 1 is 0.400 bits per heavy atom. The lowest BCUT2D eigenvalue weighted by atomic mass is 9.97. The van der Waals surface area contributed by atoms with Crippen LogP contribution >= 0.6 is 0 Å². The Labute approximate surface area is 428 Å². The zero-order valence-electron chi connectivity index (χ0n) is 41.2. The molecule has 0 fully saturated rings. The minimum Gasteiger partial charge on any atom is -0.412 e. The summed E-state index contributed by atoms with van der Waals surface area (Å²) in [5.41, 5.74) is 0. The summed E-state index contributed by atoms with van der Waals surface area (Å²) in [7, 11) is 0. The molecule has 0 aromatic carbocycles. The molecule has 448 valence electrons. The summed E-state index contributed by atoms with van der Waals surface area (Å²) < 4.78 is 0. The molecule has 33 heteroatoms. The normalized spacial score (nSPS) is 20.3. The van der Waals surface area contributed by atoms with Crippen LogP contribution in [0.2, 0.25) is 0 Å². The first-order valence-electron chi connectivity index (χ1n) is 21.9. The predicted octanol–water partition coefficient (Wildman–Crippen LogP) is -15.5. The van der Waals surface area contributed by atoms with Gasteiger partial charge in [0.15, 0.2) is 23.6 Å². The molecule has 33 nitrogen and oxygen atoms in total. The second-order valence-electron chi connectivity index (χ2n) is 16.0. The summed E-state index contributed by atoms with van der Waals surface area (Å²) >= 11 is 0. The molecule has 0 aliphatic carbocycles. The van der Waals surface area contributed by atoms with Crippen LogP contribution in [-0.4, -0.2) is 340 Å². The van der Waals surface area contributed by atoms with Crippen LogP contribution in [0.1, 0.15) is 40.5 Å². The van der Waals surface area contributed by atoms with E-state index in [1.165, 1.54) is 26.8 Å². The Bertz CT molecular complexity index is 1540. The Hall–Kier alpha value is -3.29. The van der Waals surface area contributed by atoms with Gasteiger partial charge in [0.25, 0.3) is 0 Å². The van der Waals surface area contributed by atoms with Gasteiger partial charge in [-0.1, -0.05) is 6.08 Å². The number of aldehydes is 1. The second kappa shape index (κ2) is 45.7. The molecule has 0 amide bonds. The SMILES string of the molecule is C/C=C/C(=O)[C@H](O)[C@@H](O)[C@H](O)C(O)CO.CC(=O)/C=C/[C@H](O)[C@@H](O)[C@H](O)C(O)CO.CC(=O)CC(O)[C@H](O)[C@@H](O)[C@H](O)C(O)CO.CC(O)CC(=O)[C@H](O)[C@@H](O)[C@H](O)C(O)CO.O.O=C[C@H](O)[C@@H](O)[C@H](O)[C@H](O)CO. The van der Waals surface area contributed by atoms with Gasteiger partial charge in [0, 0.05) is 12.8 Å². The van der Waals surface area contributed by atoms with Crippen LogP contribution in [0.15, 0.2) is 24.3 Å². The fourth-order valence-electron chi connectivity index (χ4n) is 4.76. The van der Waals surface area contributed by atoms with Crippen molar-refractivity contribution in [2.24, 2.45) is 0 Å². The molecule has 0 aliphatic rings. The van der Waals surface area contributed by atoms with Crippen molar-refractivity contribution in [3.8, 4) is 0 Å². The zero-order valence-corrected chi connectivity index (χ0v) is 41.2. The molecule has 0 rings (SSSR count). The molecule has 0 heterocycles. The van der Waals surface area contributed by atoms with E-state index in [2.05, 4.69) is 0 Å². The summed E-state index contributed by atoms with van der Waals surface area (Å²) in [5, 5.41) is 243. The van der Waals surface area contributed by atoms with Gasteiger partial charge < -0.3 is 148 Å². The highest BCUT2D eigenvalue weighted by molar-refractivity contribution is 5.93. The van der Waals surface area contributed by atoms with Crippen molar-refractivity contribution in [3.05, 3.63) is 24.3 Å². The number of rotatable bonds is 31. The van der Waals surface area contributed by atoms with Gasteiger partial charge in [-0.15, -0.1) is 0 Å². The van der Waals surface area contributed by atoms with Gasteiger partial charge in [0.2, 0.25) is 0 Å². The van der Waals surface area contributed by atoms with E-state index in [1.54, 1.807) is 6.92 Å². The average Bonchev–Trinajstić information content (AvgIpc) is 3.37. The van der Waals surface area contributed by atoms with E-state index in [0.717, 1.165) is 18.2 Å². The van der Waals surface area contributed by atoms with Crippen LogP contribution in [0.4, 0.5) is 0 Å². The summed E-state index contributed by atoms with van der Waals surface area (Å²) in [5.74, 6) is -2.35. The van der Waals surface area contributed by atoms with E-state index >= 15 is 0 Å². The first-order chi connectivity index (χ1) is 34.0. The molecule has 0 radical (unpaired) electrons. The standard InChI is InChI=1S/2C9H18O7.2C9H16O6.C6H12O6.H2O/c2*1-4(11)2-5(12)7(14)9(16)8(15)6(13)3-10;1-5(11)2-3-6(12)8(14)9(15)7(13)4-10;1-2-3-5(11)7(13)9(15)8(14)6(12)4-10;7-1-3(9)5(11)6(12)4(10)2-8;/h5-10,12-16H,2-3H2,1H3;4,6-11,13-16H,2-3H2,1H3;2*2-3,6-10,12-15H,4H2,1H3;1,3-6,8-12H,2H2;1H2/b;;2*3-2+;;/t5?,6?,7-,8+,9+;4?,6?,7-,8+,9+;6-,7?,8+,9+;6?,7-,8+,9+;3-,4+,5+,6+;/m00000./s1. The van der Waals surface area contributed by atoms with Gasteiger partial charge in [-0.05, 0) is 45.9 Å². The van der Waals surface area contributed by atoms with E-state index in [-0.39, 0.29) is 30.4 Å². The second-order valence-corrected chi connectivity index (χ2v) is 16.0. The molecule has 0 aromatic rings. The molecule has 75 heavy (non-hydrogen) atoms. The van der Waals surface area contributed by atoms with Gasteiger partial charge in [0.1, 0.15) is 128 Å². The maximum atomic E-state index is 11.2. The molecule has 22 atom stereocenters. The van der Waals surface area contributed by atoms with E-state index in [9.17, 15) is 90.4 Å². The van der Waals surface area contributed by atoms with Gasteiger partial charge in [-0.25, -0.2) is 0 Å². The summed E-state index contributed by atoms with van der Waals surface area (Å²) in [6, 6.07) is 0. The van der Waals surface area contributed by atoms with Crippen molar-refractivity contribution >= 4 is 29.4 Å². The highest BCUT2D eigenvalue weighted by atomic mass is 16.4. The van der Waals surface area contributed by atoms with Gasteiger partial charge >= 0.3 is 0 Å². The largest absolute Gasteiger partial charge is 0.412 e. The number of aliphatic hydroxyl groups is 27. The van der Waals surface area contributed by atoms with Crippen LogP contribution in [0, 0.1) is 0 Å². The number of ketones is 4. The van der Waals surface area contributed by atoms with Gasteiger partial charge in [-0.2, -0.15) is 0 Å². The Morgan fingerprint density at radius 2 is 0.707 bits per heavy atom. The lowest BCUT2D eigenvalue weighted by Crippen LogP contribution is -2.50. The fourth-order valence-corrected chi connectivity index (χ4v) is 4.76. The fraction of sp³-hybridized carbons (Fsp3) is 0.786. The molecule has 0 bridgehead atoms. The van der Waals surface area contributed by atoms with Crippen molar-refractivity contribution in [2.45, 2.75) is 175 Å². The number of allylic oxidation sites excluding steroid dienone is 2. The van der Waals surface area contributed by atoms with Crippen LogP contribution in [-0.2, 0) is 24.0 Å². The van der Waals surface area contributed by atoms with E-state index in [0.29, 0.717) is 0 Å². The predicted molar refractivity (Wildman–Crippen MR) is 247 cm³/mol. The molecular weight excluding hydrogens is 1030 g/mol. The number of carbonyl (C=O) groups excluding carboxylic acids is 5. The molecule has 0 aromatic heterocycles. The molecule has 6 unspecified atom stereocenters. The molecule has 0 saturated carbocycles. The third kappa shape index (κ3) is 35.7. The lowest BCUT2D eigenvalue weighted by Gasteiger charge is -2.28. The summed E-state index contributed by atoms with van der Waals surface area (Å²) in [4.78, 5) is 53.3. The molecular formula is C42H82O33. The van der Waals surface area contributed by atoms with Crippen LogP contribution < -0.4 is 0 Å². The number of Topliss-reactive ketones (excluding diaryl/α,β-unsaturated/α-hetero) is 2. The highest BCUT2D eigenvalue weighted by Crippen LogP contribution is 2.12. The Morgan fingerprint density at radius 3 is 1.00 bits per heavy atom. The Balaban J connectivity index is -0.000000198. The van der Waals surface area contributed by atoms with Crippen molar-refractivity contribution in [1.82, 2.24) is 0 Å². The van der Waals surface area contributed by atoms with Crippen molar-refractivity contribution in [3.63, 3.8) is 0 Å². The van der Waals surface area contributed by atoms with Crippen molar-refractivity contribution in [1.29, 1.82) is 0 Å². The molecule has 0 saturated heterocycles. The third-order valence-electron chi connectivity index (χ3n) is 9.36. The quantitative estimate of drug-likeness (QED) is 0.0226. The van der Waals surface area contributed by atoms with Crippen LogP contribution in [0.5, 0.6) is 0 Å². The molecule has 0 aliphatic heterocycles. The van der Waals surface area contributed by atoms with E-state index in [1.807, 2.05) is 0 Å². The zero-order chi connectivity index (χ0) is 59.5. The lowest BCUT2D eigenvalue weighted by molar-refractivity contribution is -0.148. The van der Waals surface area contributed by atoms with Crippen molar-refractivity contribution < 1.29 is 167 Å². The van der Waals surface area contributed by atoms with Gasteiger partial charge in [0.05, 0.1) is 45.2 Å². The monoisotopic (exact) mass is 1110 g/mol. The van der Waals surface area contributed by atoms with Crippen LogP contribution in [0.25, 0.3) is 0 Å². The minimum absolute atomic E-state index is 0. The maximum absolute atomic E-state index is 11.2. The average molecular weight is 1120 g/mol. The van der Waals surface area contributed by atoms with Gasteiger partial charge in [-0.3, -0.25) is 19.2 Å². The first-order valence-corrected chi connectivity index (χ1v) is 21.9. The summed E-state index contributed by atoms with van der Waals surface area (Å²) in [6.45, 7) is 1.46. The van der Waals surface area contributed by atoms with E-state index in [4.69, 9.17) is 71.5 Å². The van der Waals surface area contributed by atoms with Crippen molar-refractivity contribution in [2.75, 3.05) is 33.0 Å². The first kappa shape index (κ1) is 83.0.